The average molecular weight is 280 g/mol. The first-order valence-corrected chi connectivity index (χ1v) is 7.66. The van der Waals surface area contributed by atoms with Gasteiger partial charge in [-0.1, -0.05) is 61.9 Å². The smallest absolute Gasteiger partial charge is 0.224 e. The molecule has 1 aromatic rings. The highest BCUT2D eigenvalue weighted by atomic mass is 35.5. The van der Waals surface area contributed by atoms with E-state index in [4.69, 9.17) is 11.6 Å². The minimum Gasteiger partial charge on any atom is -0.353 e. The number of carbonyl (C=O) groups excluding carboxylic acids is 1. The number of nitrogens with one attached hydrogen (secondary N) is 1. The van der Waals surface area contributed by atoms with E-state index in [1.807, 2.05) is 24.3 Å². The lowest BCUT2D eigenvalue weighted by Gasteiger charge is -2.21. The largest absolute Gasteiger partial charge is 0.353 e. The summed E-state index contributed by atoms with van der Waals surface area (Å²) < 4.78 is 0. The maximum Gasteiger partial charge on any atom is 0.224 e. The highest BCUT2D eigenvalue weighted by Gasteiger charge is 2.14. The van der Waals surface area contributed by atoms with E-state index in [0.29, 0.717) is 17.5 Å². The monoisotopic (exact) mass is 279 g/mol. The molecular weight excluding hydrogens is 258 g/mol. The van der Waals surface area contributed by atoms with E-state index in [1.165, 1.54) is 32.1 Å². The summed E-state index contributed by atoms with van der Waals surface area (Å²) in [6.07, 6.45) is 9.04. The summed E-state index contributed by atoms with van der Waals surface area (Å²) >= 11 is 6.08. The molecule has 0 heterocycles. The van der Waals surface area contributed by atoms with Gasteiger partial charge >= 0.3 is 0 Å². The minimum atomic E-state index is 0.0960. The van der Waals surface area contributed by atoms with Gasteiger partial charge in [-0.15, -0.1) is 0 Å². The summed E-state index contributed by atoms with van der Waals surface area (Å²) in [6, 6.07) is 7.92. The summed E-state index contributed by atoms with van der Waals surface area (Å²) in [4.78, 5) is 12.1. The topological polar surface area (TPSA) is 29.1 Å². The van der Waals surface area contributed by atoms with Crippen LogP contribution in [0.3, 0.4) is 0 Å². The van der Waals surface area contributed by atoms with Gasteiger partial charge in [-0.2, -0.15) is 0 Å². The van der Waals surface area contributed by atoms with Gasteiger partial charge in [0.05, 0.1) is 6.42 Å². The third-order valence-corrected chi connectivity index (χ3v) is 4.15. The Bertz CT molecular complexity index is 411. The number of halogens is 1. The fraction of sp³-hybridized carbons (Fsp3) is 0.562. The van der Waals surface area contributed by atoms with Crippen LogP contribution in [0.25, 0.3) is 0 Å². The molecule has 1 saturated carbocycles. The molecule has 1 aliphatic carbocycles. The van der Waals surface area contributed by atoms with Crippen LogP contribution in [0, 0.1) is 0 Å². The average Bonchev–Trinajstić information content (AvgIpc) is 2.35. The highest BCUT2D eigenvalue weighted by Crippen LogP contribution is 2.18. The minimum absolute atomic E-state index is 0.0960. The Morgan fingerprint density at radius 1 is 1.11 bits per heavy atom. The molecule has 0 atom stereocenters. The summed E-state index contributed by atoms with van der Waals surface area (Å²) in [7, 11) is 0. The highest BCUT2D eigenvalue weighted by molar-refractivity contribution is 6.31. The molecule has 2 rings (SSSR count). The van der Waals surface area contributed by atoms with Crippen molar-refractivity contribution < 1.29 is 4.79 Å². The van der Waals surface area contributed by atoms with Crippen molar-refractivity contribution in [1.82, 2.24) is 5.32 Å². The molecule has 1 aromatic carbocycles. The van der Waals surface area contributed by atoms with Crippen LogP contribution in [0.5, 0.6) is 0 Å². The summed E-state index contributed by atoms with van der Waals surface area (Å²) in [6.45, 7) is 0. The van der Waals surface area contributed by atoms with Crippen molar-refractivity contribution in [3.05, 3.63) is 34.9 Å². The maximum atomic E-state index is 12.1. The third kappa shape index (κ3) is 4.87. The van der Waals surface area contributed by atoms with E-state index in [9.17, 15) is 4.79 Å². The molecule has 1 fully saturated rings. The normalized spacial score (nSPS) is 17.5. The van der Waals surface area contributed by atoms with Crippen molar-refractivity contribution in [1.29, 1.82) is 0 Å². The summed E-state index contributed by atoms with van der Waals surface area (Å²) in [5, 5.41) is 3.84. The van der Waals surface area contributed by atoms with Gasteiger partial charge in [0, 0.05) is 11.1 Å². The van der Waals surface area contributed by atoms with Crippen LogP contribution in [0.2, 0.25) is 5.02 Å². The van der Waals surface area contributed by atoms with E-state index >= 15 is 0 Å². The molecule has 19 heavy (non-hydrogen) atoms. The Balaban J connectivity index is 1.84. The van der Waals surface area contributed by atoms with Gasteiger partial charge in [-0.3, -0.25) is 4.79 Å². The Labute approximate surface area is 120 Å². The van der Waals surface area contributed by atoms with Crippen molar-refractivity contribution in [2.75, 3.05) is 0 Å². The lowest BCUT2D eigenvalue weighted by molar-refractivity contribution is -0.121. The van der Waals surface area contributed by atoms with Gasteiger partial charge < -0.3 is 5.32 Å². The predicted octanol–water partition coefficient (Wildman–Crippen LogP) is 4.11. The van der Waals surface area contributed by atoms with E-state index in [-0.39, 0.29) is 5.91 Å². The number of hydrogen-bond donors (Lipinski definition) is 1. The molecule has 3 heteroatoms. The number of hydrogen-bond acceptors (Lipinski definition) is 1. The van der Waals surface area contributed by atoms with Crippen LogP contribution >= 0.6 is 11.6 Å². The van der Waals surface area contributed by atoms with E-state index < -0.39 is 0 Å². The molecule has 1 aliphatic rings. The molecule has 1 amide bonds. The fourth-order valence-electron chi connectivity index (χ4n) is 2.69. The number of rotatable bonds is 3. The Hall–Kier alpha value is -1.02. The van der Waals surface area contributed by atoms with Gasteiger partial charge in [-0.25, -0.2) is 0 Å². The Morgan fingerprint density at radius 3 is 2.42 bits per heavy atom. The molecule has 0 bridgehead atoms. The van der Waals surface area contributed by atoms with Crippen molar-refractivity contribution in [3.8, 4) is 0 Å². The third-order valence-electron chi connectivity index (χ3n) is 3.78. The van der Waals surface area contributed by atoms with Gasteiger partial charge in [0.1, 0.15) is 0 Å². The summed E-state index contributed by atoms with van der Waals surface area (Å²) in [5.41, 5.74) is 0.910. The first-order valence-electron chi connectivity index (χ1n) is 7.28. The SMILES string of the molecule is O=C(Cc1ccccc1Cl)NC1CCCCCCC1. The summed E-state index contributed by atoms with van der Waals surface area (Å²) in [5.74, 6) is 0.0960. The molecule has 0 aliphatic heterocycles. The number of carbonyl (C=O) groups is 1. The molecule has 104 valence electrons. The van der Waals surface area contributed by atoms with Gasteiger partial charge in [0.25, 0.3) is 0 Å². The lowest BCUT2D eigenvalue weighted by atomic mass is 9.96. The second-order valence-corrected chi connectivity index (χ2v) is 5.78. The van der Waals surface area contributed by atoms with Gasteiger partial charge in [-0.05, 0) is 24.5 Å². The lowest BCUT2D eigenvalue weighted by Crippen LogP contribution is -2.36. The molecule has 2 nitrogen and oxygen atoms in total. The zero-order chi connectivity index (χ0) is 13.5. The van der Waals surface area contributed by atoms with Crippen LogP contribution in [0.15, 0.2) is 24.3 Å². The molecule has 0 spiro atoms. The van der Waals surface area contributed by atoms with Crippen molar-refractivity contribution in [3.63, 3.8) is 0 Å². The molecular formula is C16H22ClNO. The zero-order valence-electron chi connectivity index (χ0n) is 11.3. The van der Waals surface area contributed by atoms with E-state index in [1.54, 1.807) is 0 Å². The van der Waals surface area contributed by atoms with Crippen molar-refractivity contribution >= 4 is 17.5 Å². The van der Waals surface area contributed by atoms with E-state index in [0.717, 1.165) is 18.4 Å². The number of amides is 1. The molecule has 1 N–H and O–H groups in total. The second kappa shape index (κ2) is 7.54. The molecule has 0 radical (unpaired) electrons. The fourth-order valence-corrected chi connectivity index (χ4v) is 2.90. The first kappa shape index (κ1) is 14.4. The zero-order valence-corrected chi connectivity index (χ0v) is 12.1. The quantitative estimate of drug-likeness (QED) is 0.886. The maximum absolute atomic E-state index is 12.1. The van der Waals surface area contributed by atoms with Crippen LogP contribution in [0.1, 0.15) is 50.5 Å². The van der Waals surface area contributed by atoms with Gasteiger partial charge in [0.2, 0.25) is 5.91 Å². The standard InChI is InChI=1S/C16H22ClNO/c17-15-11-7-6-8-13(15)12-16(19)18-14-9-4-2-1-3-5-10-14/h6-8,11,14H,1-5,9-10,12H2,(H,18,19). The second-order valence-electron chi connectivity index (χ2n) is 5.38. The predicted molar refractivity (Wildman–Crippen MR) is 79.4 cm³/mol. The first-order chi connectivity index (χ1) is 9.25. The Kier molecular flexibility index (Phi) is 5.71. The molecule has 0 saturated heterocycles. The van der Waals surface area contributed by atoms with E-state index in [2.05, 4.69) is 5.32 Å². The van der Waals surface area contributed by atoms with Gasteiger partial charge in [0.15, 0.2) is 0 Å². The van der Waals surface area contributed by atoms with Crippen LogP contribution in [-0.2, 0) is 11.2 Å². The van der Waals surface area contributed by atoms with Crippen LogP contribution < -0.4 is 5.32 Å². The number of benzene rings is 1. The van der Waals surface area contributed by atoms with Crippen molar-refractivity contribution in [2.45, 2.75) is 57.4 Å². The Morgan fingerprint density at radius 2 is 1.74 bits per heavy atom. The van der Waals surface area contributed by atoms with Crippen molar-refractivity contribution in [2.24, 2.45) is 0 Å². The molecule has 0 aromatic heterocycles. The molecule has 0 unspecified atom stereocenters. The van der Waals surface area contributed by atoms with Crippen LogP contribution in [0.4, 0.5) is 0 Å². The van der Waals surface area contributed by atoms with Crippen LogP contribution in [-0.4, -0.2) is 11.9 Å².